The summed E-state index contributed by atoms with van der Waals surface area (Å²) in [5.41, 5.74) is 6.78. The average Bonchev–Trinajstić information content (AvgIpc) is 2.60. The molecule has 18 heavy (non-hydrogen) atoms. The third kappa shape index (κ3) is 2.61. The van der Waals surface area contributed by atoms with Crippen LogP contribution in [0.1, 0.15) is 19.4 Å². The second-order valence-electron chi connectivity index (χ2n) is 5.30. The summed E-state index contributed by atoms with van der Waals surface area (Å²) in [5, 5.41) is 10.8. The van der Waals surface area contributed by atoms with Crippen molar-refractivity contribution in [3.63, 3.8) is 0 Å². The van der Waals surface area contributed by atoms with Gasteiger partial charge in [-0.2, -0.15) is 0 Å². The molecule has 2 N–H and O–H groups in total. The zero-order chi connectivity index (χ0) is 13.3. The Balaban J connectivity index is 2.11. The summed E-state index contributed by atoms with van der Waals surface area (Å²) in [5.74, 6) is 1.38. The summed E-state index contributed by atoms with van der Waals surface area (Å²) in [6.07, 6.45) is 0. The number of hydrogen-bond donors (Lipinski definition) is 1. The van der Waals surface area contributed by atoms with Crippen molar-refractivity contribution in [3.05, 3.63) is 33.9 Å². The zero-order valence-electron chi connectivity index (χ0n) is 10.8. The number of nitrogens with two attached hydrogens (primary N) is 1. The van der Waals surface area contributed by atoms with Crippen molar-refractivity contribution in [3.8, 4) is 0 Å². The van der Waals surface area contributed by atoms with Crippen LogP contribution >= 0.6 is 0 Å². The minimum absolute atomic E-state index is 0.00722. The Morgan fingerprint density at radius 2 is 2.00 bits per heavy atom. The third-order valence-corrected chi connectivity index (χ3v) is 3.76. The number of nitro groups is 1. The Morgan fingerprint density at radius 1 is 1.39 bits per heavy atom. The van der Waals surface area contributed by atoms with Gasteiger partial charge in [0.05, 0.1) is 4.92 Å². The maximum Gasteiger partial charge on any atom is 0.292 e. The summed E-state index contributed by atoms with van der Waals surface area (Å²) in [4.78, 5) is 12.7. The fourth-order valence-corrected chi connectivity index (χ4v) is 2.48. The second-order valence-corrected chi connectivity index (χ2v) is 5.30. The van der Waals surface area contributed by atoms with E-state index in [4.69, 9.17) is 5.73 Å². The van der Waals surface area contributed by atoms with Gasteiger partial charge in [-0.05, 0) is 23.5 Å². The van der Waals surface area contributed by atoms with Crippen LogP contribution in [-0.2, 0) is 6.54 Å². The van der Waals surface area contributed by atoms with Gasteiger partial charge in [-0.15, -0.1) is 0 Å². The molecular weight excluding hydrogens is 230 g/mol. The summed E-state index contributed by atoms with van der Waals surface area (Å²) in [6, 6.07) is 5.08. The topological polar surface area (TPSA) is 72.4 Å². The van der Waals surface area contributed by atoms with E-state index in [1.807, 2.05) is 6.07 Å². The predicted octanol–water partition coefficient (Wildman–Crippen LogP) is 2.26. The normalized spacial score (nSPS) is 24.3. The smallest absolute Gasteiger partial charge is 0.292 e. The van der Waals surface area contributed by atoms with E-state index < -0.39 is 4.92 Å². The maximum atomic E-state index is 10.8. The minimum Gasteiger partial charge on any atom is -0.393 e. The van der Waals surface area contributed by atoms with Crippen molar-refractivity contribution >= 4 is 11.4 Å². The van der Waals surface area contributed by atoms with Crippen LogP contribution in [0.3, 0.4) is 0 Å². The van der Waals surface area contributed by atoms with Gasteiger partial charge in [0.1, 0.15) is 5.69 Å². The molecule has 1 aliphatic heterocycles. The van der Waals surface area contributed by atoms with E-state index in [1.54, 1.807) is 12.1 Å². The van der Waals surface area contributed by atoms with Crippen LogP contribution in [0.5, 0.6) is 0 Å². The molecule has 0 aromatic heterocycles. The van der Waals surface area contributed by atoms with E-state index in [-0.39, 0.29) is 11.4 Å². The molecule has 2 unspecified atom stereocenters. The first-order chi connectivity index (χ1) is 8.47. The predicted molar refractivity (Wildman–Crippen MR) is 71.1 cm³/mol. The van der Waals surface area contributed by atoms with Gasteiger partial charge in [-0.3, -0.25) is 15.0 Å². The highest BCUT2D eigenvalue weighted by atomic mass is 16.6. The number of hydrogen-bond acceptors (Lipinski definition) is 4. The lowest BCUT2D eigenvalue weighted by Crippen LogP contribution is -2.20. The van der Waals surface area contributed by atoms with Crippen LogP contribution < -0.4 is 5.73 Å². The van der Waals surface area contributed by atoms with E-state index in [9.17, 15) is 10.1 Å². The third-order valence-electron chi connectivity index (χ3n) is 3.76. The number of rotatable bonds is 3. The number of nitro benzene ring substituents is 1. The number of nitrogens with zero attached hydrogens (tertiary/aromatic N) is 2. The monoisotopic (exact) mass is 249 g/mol. The highest BCUT2D eigenvalue weighted by Gasteiger charge is 2.26. The van der Waals surface area contributed by atoms with Crippen LogP contribution in [0.15, 0.2) is 18.2 Å². The summed E-state index contributed by atoms with van der Waals surface area (Å²) in [7, 11) is 0. The van der Waals surface area contributed by atoms with Gasteiger partial charge < -0.3 is 5.73 Å². The summed E-state index contributed by atoms with van der Waals surface area (Å²) in [6.45, 7) is 7.36. The summed E-state index contributed by atoms with van der Waals surface area (Å²) >= 11 is 0. The molecule has 0 spiro atoms. The van der Waals surface area contributed by atoms with Crippen LogP contribution in [0.2, 0.25) is 0 Å². The number of likely N-dealkylation sites (tertiary alicyclic amines) is 1. The summed E-state index contributed by atoms with van der Waals surface area (Å²) < 4.78 is 0. The Bertz CT molecular complexity index is 452. The van der Waals surface area contributed by atoms with Crippen LogP contribution in [-0.4, -0.2) is 22.9 Å². The molecule has 0 amide bonds. The van der Waals surface area contributed by atoms with Crippen molar-refractivity contribution in [2.75, 3.05) is 18.8 Å². The van der Waals surface area contributed by atoms with Crippen molar-refractivity contribution in [1.82, 2.24) is 4.90 Å². The van der Waals surface area contributed by atoms with E-state index in [0.717, 1.165) is 25.2 Å². The van der Waals surface area contributed by atoms with Gasteiger partial charge in [0, 0.05) is 25.7 Å². The van der Waals surface area contributed by atoms with Crippen molar-refractivity contribution in [2.45, 2.75) is 20.4 Å². The highest BCUT2D eigenvalue weighted by molar-refractivity contribution is 5.59. The Kier molecular flexibility index (Phi) is 3.52. The van der Waals surface area contributed by atoms with Crippen LogP contribution in [0.4, 0.5) is 11.4 Å². The second kappa shape index (κ2) is 4.94. The van der Waals surface area contributed by atoms with E-state index in [2.05, 4.69) is 18.7 Å². The van der Waals surface area contributed by atoms with Gasteiger partial charge in [0.2, 0.25) is 0 Å². The first-order valence-electron chi connectivity index (χ1n) is 6.22. The molecule has 1 saturated heterocycles. The highest BCUT2D eigenvalue weighted by Crippen LogP contribution is 2.26. The lowest BCUT2D eigenvalue weighted by Gasteiger charge is -2.15. The molecule has 1 aromatic carbocycles. The molecule has 5 nitrogen and oxygen atoms in total. The Hall–Kier alpha value is -1.62. The number of benzene rings is 1. The minimum atomic E-state index is -0.423. The molecule has 2 atom stereocenters. The molecule has 1 fully saturated rings. The van der Waals surface area contributed by atoms with Crippen LogP contribution in [0, 0.1) is 22.0 Å². The molecule has 2 rings (SSSR count). The first-order valence-corrected chi connectivity index (χ1v) is 6.22. The Morgan fingerprint density at radius 3 is 2.56 bits per heavy atom. The van der Waals surface area contributed by atoms with Gasteiger partial charge in [0.25, 0.3) is 5.69 Å². The molecule has 0 saturated carbocycles. The van der Waals surface area contributed by atoms with E-state index in [1.165, 1.54) is 0 Å². The van der Waals surface area contributed by atoms with Crippen molar-refractivity contribution in [2.24, 2.45) is 11.8 Å². The van der Waals surface area contributed by atoms with Gasteiger partial charge in [0.15, 0.2) is 0 Å². The molecular formula is C13H19N3O2. The molecule has 1 aliphatic rings. The van der Waals surface area contributed by atoms with Crippen molar-refractivity contribution in [1.29, 1.82) is 0 Å². The SMILES string of the molecule is CC1CN(Cc2ccc(N)c([N+](=O)[O-])c2)CC1C. The number of nitrogen functional groups attached to an aromatic ring is 1. The molecule has 5 heteroatoms. The van der Waals surface area contributed by atoms with Crippen LogP contribution in [0.25, 0.3) is 0 Å². The zero-order valence-corrected chi connectivity index (χ0v) is 10.8. The standard InChI is InChI=1S/C13H19N3O2/c1-9-6-15(7-10(9)2)8-11-3-4-12(14)13(5-11)16(17)18/h3-5,9-10H,6-8,14H2,1-2H3. The Labute approximate surface area is 107 Å². The lowest BCUT2D eigenvalue weighted by atomic mass is 10.0. The molecule has 1 heterocycles. The fraction of sp³-hybridized carbons (Fsp3) is 0.538. The van der Waals surface area contributed by atoms with Gasteiger partial charge in [-0.25, -0.2) is 0 Å². The first kappa shape index (κ1) is 12.8. The molecule has 98 valence electrons. The van der Waals surface area contributed by atoms with E-state index in [0.29, 0.717) is 11.8 Å². The number of anilines is 1. The van der Waals surface area contributed by atoms with E-state index >= 15 is 0 Å². The largest absolute Gasteiger partial charge is 0.393 e. The van der Waals surface area contributed by atoms with Crippen molar-refractivity contribution < 1.29 is 4.92 Å². The fourth-order valence-electron chi connectivity index (χ4n) is 2.48. The molecule has 0 aliphatic carbocycles. The molecule has 1 aromatic rings. The average molecular weight is 249 g/mol. The van der Waals surface area contributed by atoms with Gasteiger partial charge >= 0.3 is 0 Å². The quantitative estimate of drug-likeness (QED) is 0.506. The molecule has 0 bridgehead atoms. The maximum absolute atomic E-state index is 10.8. The van der Waals surface area contributed by atoms with Gasteiger partial charge in [-0.1, -0.05) is 19.9 Å². The lowest BCUT2D eigenvalue weighted by molar-refractivity contribution is -0.384. The molecule has 0 radical (unpaired) electrons.